The maximum Gasteiger partial charge on any atom is 0.241 e. The minimum Gasteiger partial charge on any atom is -0.437 e. The monoisotopic (exact) mass is 313 g/mol. The van der Waals surface area contributed by atoms with Crippen molar-refractivity contribution in [1.82, 2.24) is 14.9 Å². The first-order valence-electron chi connectivity index (χ1n) is 8.15. The number of hydrogen-bond acceptors (Lipinski definition) is 5. The van der Waals surface area contributed by atoms with Gasteiger partial charge in [0.15, 0.2) is 0 Å². The summed E-state index contributed by atoms with van der Waals surface area (Å²) < 4.78 is 6.00. The van der Waals surface area contributed by atoms with E-state index < -0.39 is 0 Å². The van der Waals surface area contributed by atoms with Crippen LogP contribution in [0.4, 0.5) is 0 Å². The van der Waals surface area contributed by atoms with Gasteiger partial charge in [-0.05, 0) is 44.0 Å². The minimum absolute atomic E-state index is 0.194. The van der Waals surface area contributed by atoms with Crippen molar-refractivity contribution < 1.29 is 9.84 Å². The van der Waals surface area contributed by atoms with E-state index in [4.69, 9.17) is 9.84 Å². The summed E-state index contributed by atoms with van der Waals surface area (Å²) in [7, 11) is 0. The lowest BCUT2D eigenvalue weighted by Gasteiger charge is -2.32. The Hall–Kier alpha value is -1.98. The van der Waals surface area contributed by atoms with E-state index >= 15 is 0 Å². The van der Waals surface area contributed by atoms with Crippen LogP contribution in [0.3, 0.4) is 0 Å². The largest absolute Gasteiger partial charge is 0.437 e. The van der Waals surface area contributed by atoms with E-state index in [0.717, 1.165) is 42.9 Å². The quantitative estimate of drug-likeness (QED) is 0.920. The third-order valence-corrected chi connectivity index (χ3v) is 4.20. The Balaban J connectivity index is 1.80. The Bertz CT molecular complexity index is 646. The average molecular weight is 313 g/mol. The smallest absolute Gasteiger partial charge is 0.241 e. The predicted molar refractivity (Wildman–Crippen MR) is 88.8 cm³/mol. The van der Waals surface area contributed by atoms with Gasteiger partial charge in [-0.3, -0.25) is 4.98 Å². The second-order valence-electron chi connectivity index (χ2n) is 6.03. The predicted octanol–water partition coefficient (Wildman–Crippen LogP) is 2.75. The molecule has 0 saturated carbocycles. The molecule has 1 aromatic heterocycles. The van der Waals surface area contributed by atoms with Crippen molar-refractivity contribution in [3.63, 3.8) is 0 Å². The summed E-state index contributed by atoms with van der Waals surface area (Å²) in [5.74, 6) is 1.67. The lowest BCUT2D eigenvalue weighted by Crippen LogP contribution is -2.36. The highest BCUT2D eigenvalue weighted by atomic mass is 16.5. The van der Waals surface area contributed by atoms with Crippen LogP contribution in [0.2, 0.25) is 0 Å². The Morgan fingerprint density at radius 3 is 3.00 bits per heavy atom. The van der Waals surface area contributed by atoms with E-state index in [-0.39, 0.29) is 6.61 Å². The molecule has 0 spiro atoms. The summed E-state index contributed by atoms with van der Waals surface area (Å²) in [4.78, 5) is 11.2. The zero-order chi connectivity index (χ0) is 16.1. The summed E-state index contributed by atoms with van der Waals surface area (Å²) in [5.41, 5.74) is 2.07. The molecule has 0 amide bonds. The second-order valence-corrected chi connectivity index (χ2v) is 6.03. The lowest BCUT2D eigenvalue weighted by atomic mass is 9.94. The van der Waals surface area contributed by atoms with Crippen LogP contribution in [-0.2, 0) is 0 Å². The minimum atomic E-state index is 0.194. The fraction of sp³-hybridized carbons (Fsp3) is 0.444. The molecule has 1 atom stereocenters. The number of benzene rings is 1. The zero-order valence-electron chi connectivity index (χ0n) is 13.5. The highest BCUT2D eigenvalue weighted by Gasteiger charge is 2.25. The van der Waals surface area contributed by atoms with Gasteiger partial charge in [-0.15, -0.1) is 0 Å². The molecule has 1 aliphatic rings. The van der Waals surface area contributed by atoms with Crippen molar-refractivity contribution in [2.45, 2.75) is 25.7 Å². The molecule has 1 aromatic carbocycles. The van der Waals surface area contributed by atoms with Gasteiger partial charge in [0, 0.05) is 31.4 Å². The summed E-state index contributed by atoms with van der Waals surface area (Å²) in [6.07, 6.45) is 5.57. The zero-order valence-corrected chi connectivity index (χ0v) is 13.5. The number of nitrogens with zero attached hydrogens (tertiary/aromatic N) is 3. The van der Waals surface area contributed by atoms with Gasteiger partial charge in [0.2, 0.25) is 5.88 Å². The van der Waals surface area contributed by atoms with Crippen LogP contribution >= 0.6 is 0 Å². The van der Waals surface area contributed by atoms with E-state index in [0.29, 0.717) is 18.3 Å². The molecule has 1 N–H and O–H groups in total. The highest BCUT2D eigenvalue weighted by molar-refractivity contribution is 5.33. The normalized spacial score (nSPS) is 18.8. The average Bonchev–Trinajstić information content (AvgIpc) is 2.56. The molecular formula is C18H23N3O2. The fourth-order valence-electron chi connectivity index (χ4n) is 3.11. The van der Waals surface area contributed by atoms with E-state index in [1.165, 1.54) is 0 Å². The molecule has 0 aliphatic carbocycles. The number of aliphatic hydroxyl groups excluding tert-OH is 1. The number of aliphatic hydroxyl groups is 1. The molecule has 5 nitrogen and oxygen atoms in total. The van der Waals surface area contributed by atoms with Crippen LogP contribution in [0.1, 0.15) is 30.0 Å². The molecule has 1 saturated heterocycles. The molecule has 23 heavy (non-hydrogen) atoms. The molecule has 3 rings (SSSR count). The van der Waals surface area contributed by atoms with Crippen LogP contribution in [-0.4, -0.2) is 46.2 Å². The van der Waals surface area contributed by atoms with E-state index in [2.05, 4.69) is 14.9 Å². The Morgan fingerprint density at radius 1 is 1.30 bits per heavy atom. The number of aromatic nitrogens is 2. The van der Waals surface area contributed by atoms with Crippen LogP contribution < -0.4 is 4.74 Å². The van der Waals surface area contributed by atoms with Gasteiger partial charge in [-0.2, -0.15) is 0 Å². The topological polar surface area (TPSA) is 58.5 Å². The molecule has 0 radical (unpaired) electrons. The number of aryl methyl sites for hydroxylation is 1. The molecule has 1 unspecified atom stereocenters. The van der Waals surface area contributed by atoms with Gasteiger partial charge < -0.3 is 14.7 Å². The van der Waals surface area contributed by atoms with Gasteiger partial charge in [-0.1, -0.05) is 12.1 Å². The van der Waals surface area contributed by atoms with E-state index in [1.54, 1.807) is 12.4 Å². The standard InChI is InChI=1S/C18H23N3O2/c1-14-4-2-6-16(12-14)23-18-17(19-7-8-20-18)15-5-3-9-21(13-15)10-11-22/h2,4,6-8,12,15,22H,3,5,9-11,13H2,1H3. The van der Waals surface area contributed by atoms with Gasteiger partial charge in [0.05, 0.1) is 6.61 Å². The first-order chi connectivity index (χ1) is 11.3. The highest BCUT2D eigenvalue weighted by Crippen LogP contribution is 2.32. The van der Waals surface area contributed by atoms with Crippen molar-refractivity contribution in [1.29, 1.82) is 0 Å². The number of likely N-dealkylation sites (tertiary alicyclic amines) is 1. The SMILES string of the molecule is Cc1cccc(Oc2nccnc2C2CCCN(CCO)C2)c1. The molecule has 2 heterocycles. The number of piperidine rings is 1. The van der Waals surface area contributed by atoms with Crippen LogP contribution in [0.5, 0.6) is 11.6 Å². The summed E-state index contributed by atoms with van der Waals surface area (Å²) >= 11 is 0. The third-order valence-electron chi connectivity index (χ3n) is 4.20. The summed E-state index contributed by atoms with van der Waals surface area (Å²) in [6.45, 7) is 4.87. The van der Waals surface area contributed by atoms with Crippen LogP contribution in [0.15, 0.2) is 36.7 Å². The Morgan fingerprint density at radius 2 is 2.17 bits per heavy atom. The van der Waals surface area contributed by atoms with Gasteiger partial charge in [-0.25, -0.2) is 4.98 Å². The van der Waals surface area contributed by atoms with Crippen molar-refractivity contribution in [2.24, 2.45) is 0 Å². The summed E-state index contributed by atoms with van der Waals surface area (Å²) in [6, 6.07) is 7.95. The Labute approximate surface area is 137 Å². The van der Waals surface area contributed by atoms with Crippen LogP contribution in [0, 0.1) is 6.92 Å². The number of β-amino-alcohol motifs (C(OH)–C–C–N with tert-alkyl or cyclic N) is 1. The first kappa shape index (κ1) is 15.9. The molecule has 1 fully saturated rings. The molecule has 2 aromatic rings. The maximum absolute atomic E-state index is 9.16. The van der Waals surface area contributed by atoms with Gasteiger partial charge in [0.1, 0.15) is 11.4 Å². The molecule has 122 valence electrons. The number of ether oxygens (including phenoxy) is 1. The van der Waals surface area contributed by atoms with Gasteiger partial charge in [0.25, 0.3) is 0 Å². The van der Waals surface area contributed by atoms with Crippen molar-refractivity contribution in [2.75, 3.05) is 26.2 Å². The third kappa shape index (κ3) is 4.06. The summed E-state index contributed by atoms with van der Waals surface area (Å²) in [5, 5.41) is 9.16. The lowest BCUT2D eigenvalue weighted by molar-refractivity contribution is 0.159. The number of hydrogen-bond donors (Lipinski definition) is 1. The molecule has 1 aliphatic heterocycles. The molecular weight excluding hydrogens is 290 g/mol. The van der Waals surface area contributed by atoms with Gasteiger partial charge >= 0.3 is 0 Å². The van der Waals surface area contributed by atoms with E-state index in [1.807, 2.05) is 31.2 Å². The number of rotatable bonds is 5. The van der Waals surface area contributed by atoms with Crippen molar-refractivity contribution in [3.05, 3.63) is 47.9 Å². The van der Waals surface area contributed by atoms with Crippen molar-refractivity contribution in [3.8, 4) is 11.6 Å². The van der Waals surface area contributed by atoms with E-state index in [9.17, 15) is 0 Å². The Kier molecular flexibility index (Phi) is 5.20. The molecule has 0 bridgehead atoms. The fourth-order valence-corrected chi connectivity index (χ4v) is 3.11. The molecule has 5 heteroatoms. The second kappa shape index (κ2) is 7.53. The first-order valence-corrected chi connectivity index (χ1v) is 8.15. The van der Waals surface area contributed by atoms with Crippen molar-refractivity contribution >= 4 is 0 Å². The van der Waals surface area contributed by atoms with Crippen LogP contribution in [0.25, 0.3) is 0 Å². The maximum atomic E-state index is 9.16.